The zero-order valence-electron chi connectivity index (χ0n) is 15.1. The van der Waals surface area contributed by atoms with E-state index in [-0.39, 0.29) is 23.3 Å². The first-order valence-electron chi connectivity index (χ1n) is 8.31. The van der Waals surface area contributed by atoms with E-state index in [1.54, 1.807) is 39.2 Å². The second kappa shape index (κ2) is 8.82. The molecule has 6 nitrogen and oxygen atoms in total. The van der Waals surface area contributed by atoms with Gasteiger partial charge in [0.2, 0.25) is 15.9 Å². The van der Waals surface area contributed by atoms with E-state index in [0.717, 1.165) is 5.56 Å². The Morgan fingerprint density at radius 3 is 2.38 bits per heavy atom. The Balaban J connectivity index is 2.07. The minimum atomic E-state index is -3.77. The zero-order valence-corrected chi connectivity index (χ0v) is 15.9. The molecule has 7 heteroatoms. The van der Waals surface area contributed by atoms with Crippen LogP contribution >= 0.6 is 0 Å². The summed E-state index contributed by atoms with van der Waals surface area (Å²) in [4.78, 5) is 12.7. The maximum absolute atomic E-state index is 12.6. The number of hydrogen-bond donors (Lipinski definition) is 2. The molecule has 140 valence electrons. The molecule has 2 aromatic carbocycles. The molecule has 1 atom stereocenters. The van der Waals surface area contributed by atoms with Gasteiger partial charge in [-0.25, -0.2) is 8.42 Å². The molecule has 0 saturated carbocycles. The molecule has 0 heterocycles. The molecule has 1 amide bonds. The SMILES string of the molecule is COc1cccc(CNC(=O)[C@H](NS(=O)(=O)c2ccccc2)C(C)C)c1. The number of sulfonamides is 1. The number of benzene rings is 2. The van der Waals surface area contributed by atoms with Crippen molar-refractivity contribution < 1.29 is 17.9 Å². The zero-order chi connectivity index (χ0) is 19.2. The molecule has 2 N–H and O–H groups in total. The van der Waals surface area contributed by atoms with Crippen molar-refractivity contribution in [3.8, 4) is 5.75 Å². The fourth-order valence-electron chi connectivity index (χ4n) is 2.41. The largest absolute Gasteiger partial charge is 0.497 e. The van der Waals surface area contributed by atoms with Gasteiger partial charge in [0.25, 0.3) is 0 Å². The number of methoxy groups -OCH3 is 1. The molecule has 0 radical (unpaired) electrons. The van der Waals surface area contributed by atoms with Gasteiger partial charge >= 0.3 is 0 Å². The molecular weight excluding hydrogens is 352 g/mol. The van der Waals surface area contributed by atoms with Crippen molar-refractivity contribution in [3.63, 3.8) is 0 Å². The topological polar surface area (TPSA) is 84.5 Å². The Labute approximate surface area is 154 Å². The van der Waals surface area contributed by atoms with Gasteiger partial charge in [-0.2, -0.15) is 4.72 Å². The maximum atomic E-state index is 12.6. The minimum Gasteiger partial charge on any atom is -0.497 e. The molecular formula is C19H24N2O4S. The van der Waals surface area contributed by atoms with Crippen LogP contribution in [0.1, 0.15) is 19.4 Å². The number of nitrogens with one attached hydrogen (secondary N) is 2. The summed E-state index contributed by atoms with van der Waals surface area (Å²) in [6, 6.07) is 14.5. The van der Waals surface area contributed by atoms with Crippen LogP contribution in [0.25, 0.3) is 0 Å². The van der Waals surface area contributed by atoms with Crippen molar-refractivity contribution in [3.05, 3.63) is 60.2 Å². The lowest BCUT2D eigenvalue weighted by Gasteiger charge is -2.21. The van der Waals surface area contributed by atoms with Crippen LogP contribution in [0, 0.1) is 5.92 Å². The van der Waals surface area contributed by atoms with Crippen LogP contribution in [-0.4, -0.2) is 27.5 Å². The number of ether oxygens (including phenoxy) is 1. The molecule has 0 spiro atoms. The van der Waals surface area contributed by atoms with Gasteiger partial charge in [0.1, 0.15) is 11.8 Å². The second-order valence-electron chi connectivity index (χ2n) is 6.23. The highest BCUT2D eigenvalue weighted by Gasteiger charge is 2.28. The lowest BCUT2D eigenvalue weighted by molar-refractivity contribution is -0.123. The highest BCUT2D eigenvalue weighted by molar-refractivity contribution is 7.89. The summed E-state index contributed by atoms with van der Waals surface area (Å²) in [6.07, 6.45) is 0. The molecule has 0 aliphatic carbocycles. The molecule has 0 unspecified atom stereocenters. The fourth-order valence-corrected chi connectivity index (χ4v) is 3.77. The smallest absolute Gasteiger partial charge is 0.241 e. The Bertz CT molecular complexity index is 836. The summed E-state index contributed by atoms with van der Waals surface area (Å²) in [7, 11) is -2.20. The average Bonchev–Trinajstić information content (AvgIpc) is 2.65. The van der Waals surface area contributed by atoms with Crippen molar-refractivity contribution in [1.29, 1.82) is 0 Å². The molecule has 0 aliphatic rings. The normalized spacial score (nSPS) is 12.6. The summed E-state index contributed by atoms with van der Waals surface area (Å²) in [5.41, 5.74) is 0.867. The summed E-state index contributed by atoms with van der Waals surface area (Å²) in [5, 5.41) is 2.78. The standard InChI is InChI=1S/C19H24N2O4S/c1-14(2)18(21-26(23,24)17-10-5-4-6-11-17)19(22)20-13-15-8-7-9-16(12-15)25-3/h4-12,14,18,21H,13H2,1-3H3,(H,20,22)/t18-/m1/s1. The molecule has 0 fully saturated rings. The van der Waals surface area contributed by atoms with E-state index in [1.807, 2.05) is 24.3 Å². The van der Waals surface area contributed by atoms with Crippen molar-refractivity contribution in [2.45, 2.75) is 31.3 Å². The molecule has 26 heavy (non-hydrogen) atoms. The number of amides is 1. The summed E-state index contributed by atoms with van der Waals surface area (Å²) in [6.45, 7) is 3.87. The maximum Gasteiger partial charge on any atom is 0.241 e. The highest BCUT2D eigenvalue weighted by atomic mass is 32.2. The second-order valence-corrected chi connectivity index (χ2v) is 7.94. The van der Waals surface area contributed by atoms with Crippen LogP contribution in [0.2, 0.25) is 0 Å². The first-order chi connectivity index (χ1) is 12.3. The molecule has 2 aromatic rings. The Hall–Kier alpha value is -2.38. The molecule has 0 bridgehead atoms. The van der Waals surface area contributed by atoms with Gasteiger partial charge in [0.15, 0.2) is 0 Å². The molecule has 2 rings (SSSR count). The Morgan fingerprint density at radius 1 is 1.08 bits per heavy atom. The highest BCUT2D eigenvalue weighted by Crippen LogP contribution is 2.14. The quantitative estimate of drug-likeness (QED) is 0.740. The molecule has 0 saturated heterocycles. The van der Waals surface area contributed by atoms with E-state index in [4.69, 9.17) is 4.74 Å². The molecule has 0 aromatic heterocycles. The van der Waals surface area contributed by atoms with E-state index in [9.17, 15) is 13.2 Å². The summed E-state index contributed by atoms with van der Waals surface area (Å²) in [5.74, 6) is 0.114. The van der Waals surface area contributed by atoms with Crippen molar-refractivity contribution in [1.82, 2.24) is 10.0 Å². The van der Waals surface area contributed by atoms with Gasteiger partial charge in [-0.1, -0.05) is 44.2 Å². The lowest BCUT2D eigenvalue weighted by atomic mass is 10.0. The van der Waals surface area contributed by atoms with E-state index >= 15 is 0 Å². The van der Waals surface area contributed by atoms with E-state index in [0.29, 0.717) is 5.75 Å². The predicted octanol–water partition coefficient (Wildman–Crippen LogP) is 2.31. The average molecular weight is 376 g/mol. The van der Waals surface area contributed by atoms with Gasteiger partial charge in [-0.3, -0.25) is 4.79 Å². The van der Waals surface area contributed by atoms with E-state index in [2.05, 4.69) is 10.0 Å². The summed E-state index contributed by atoms with van der Waals surface area (Å²) < 4.78 is 32.7. The van der Waals surface area contributed by atoms with Gasteiger partial charge in [-0.05, 0) is 35.7 Å². The van der Waals surface area contributed by atoms with E-state index in [1.165, 1.54) is 12.1 Å². The minimum absolute atomic E-state index is 0.131. The van der Waals surface area contributed by atoms with Crippen molar-refractivity contribution in [2.24, 2.45) is 5.92 Å². The van der Waals surface area contributed by atoms with Crippen LogP contribution in [0.3, 0.4) is 0 Å². The van der Waals surface area contributed by atoms with Gasteiger partial charge in [0, 0.05) is 6.54 Å². The van der Waals surface area contributed by atoms with Gasteiger partial charge < -0.3 is 10.1 Å². The van der Waals surface area contributed by atoms with Crippen molar-refractivity contribution in [2.75, 3.05) is 7.11 Å². The number of hydrogen-bond acceptors (Lipinski definition) is 4. The number of carbonyl (C=O) groups is 1. The Morgan fingerprint density at radius 2 is 1.77 bits per heavy atom. The molecule has 0 aliphatic heterocycles. The van der Waals surface area contributed by atoms with Gasteiger partial charge in [0.05, 0.1) is 12.0 Å². The Kier molecular flexibility index (Phi) is 6.76. The number of carbonyl (C=O) groups excluding carboxylic acids is 1. The first-order valence-corrected chi connectivity index (χ1v) is 9.80. The summed E-state index contributed by atoms with van der Waals surface area (Å²) >= 11 is 0. The van der Waals surface area contributed by atoms with Crippen molar-refractivity contribution >= 4 is 15.9 Å². The van der Waals surface area contributed by atoms with Crippen LogP contribution in [0.15, 0.2) is 59.5 Å². The third kappa shape index (κ3) is 5.31. The van der Waals surface area contributed by atoms with Crippen LogP contribution in [0.4, 0.5) is 0 Å². The number of rotatable bonds is 8. The lowest BCUT2D eigenvalue weighted by Crippen LogP contribution is -2.49. The van der Waals surface area contributed by atoms with Crippen LogP contribution < -0.4 is 14.8 Å². The third-order valence-corrected chi connectivity index (χ3v) is 5.34. The van der Waals surface area contributed by atoms with Crippen LogP contribution in [-0.2, 0) is 21.4 Å². The first kappa shape index (κ1) is 19.9. The van der Waals surface area contributed by atoms with E-state index < -0.39 is 16.1 Å². The fraction of sp³-hybridized carbons (Fsp3) is 0.316. The monoisotopic (exact) mass is 376 g/mol. The predicted molar refractivity (Wildman–Crippen MR) is 100 cm³/mol. The van der Waals surface area contributed by atoms with Crippen LogP contribution in [0.5, 0.6) is 5.75 Å². The third-order valence-electron chi connectivity index (χ3n) is 3.89. The van der Waals surface area contributed by atoms with Gasteiger partial charge in [-0.15, -0.1) is 0 Å².